The minimum atomic E-state index is 0.930. The molecule has 0 atom stereocenters. The Labute approximate surface area is 235 Å². The molecule has 0 bridgehead atoms. The molecule has 7 aromatic carbocycles. The number of benzene rings is 7. The fourth-order valence-electron chi connectivity index (χ4n) is 6.70. The van der Waals surface area contributed by atoms with Crippen molar-refractivity contribution in [3.05, 3.63) is 140 Å². The molecule has 2 aromatic heterocycles. The number of hydrogen-bond donors (Lipinski definition) is 0. The molecule has 0 fully saturated rings. The lowest BCUT2D eigenvalue weighted by molar-refractivity contribution is 1.17. The smallest absolute Gasteiger partial charge is 0.116 e. The SMILES string of the molecule is c1ccc(-c2cc(-n3c4ccccc4c4cc5c6ccccc6c6ccccc6c5cc43)cc3ncncc23)cc1. The van der Waals surface area contributed by atoms with Crippen LogP contribution in [0.4, 0.5) is 0 Å². The monoisotopic (exact) mass is 521 g/mol. The van der Waals surface area contributed by atoms with Crippen LogP contribution in [0.3, 0.4) is 0 Å². The Morgan fingerprint density at radius 1 is 0.439 bits per heavy atom. The second-order valence-electron chi connectivity index (χ2n) is 10.7. The summed E-state index contributed by atoms with van der Waals surface area (Å²) >= 11 is 0. The Bertz CT molecular complexity index is 2470. The van der Waals surface area contributed by atoms with E-state index in [1.165, 1.54) is 54.1 Å². The molecule has 0 saturated carbocycles. The van der Waals surface area contributed by atoms with Gasteiger partial charge in [-0.15, -0.1) is 0 Å². The van der Waals surface area contributed by atoms with Crippen LogP contribution in [0.25, 0.3) is 81.8 Å². The van der Waals surface area contributed by atoms with Crippen molar-refractivity contribution < 1.29 is 0 Å². The molecular weight excluding hydrogens is 498 g/mol. The fraction of sp³-hybridized carbons (Fsp3) is 0. The zero-order valence-corrected chi connectivity index (χ0v) is 22.1. The van der Waals surface area contributed by atoms with Gasteiger partial charge in [-0.2, -0.15) is 0 Å². The average Bonchev–Trinajstić information content (AvgIpc) is 3.37. The van der Waals surface area contributed by atoms with E-state index in [1.807, 2.05) is 6.20 Å². The van der Waals surface area contributed by atoms with Crippen molar-refractivity contribution in [2.75, 3.05) is 0 Å². The van der Waals surface area contributed by atoms with Gasteiger partial charge in [0.2, 0.25) is 0 Å². The zero-order valence-electron chi connectivity index (χ0n) is 22.1. The highest BCUT2D eigenvalue weighted by Gasteiger charge is 2.18. The first-order chi connectivity index (χ1) is 20.3. The van der Waals surface area contributed by atoms with Gasteiger partial charge in [-0.3, -0.25) is 0 Å². The van der Waals surface area contributed by atoms with E-state index in [0.717, 1.165) is 27.7 Å². The third-order valence-electron chi connectivity index (χ3n) is 8.49. The summed E-state index contributed by atoms with van der Waals surface area (Å²) in [5.41, 5.74) is 6.66. The Hall–Kier alpha value is -5.54. The van der Waals surface area contributed by atoms with Gasteiger partial charge in [0.15, 0.2) is 0 Å². The summed E-state index contributed by atoms with van der Waals surface area (Å²) in [5.74, 6) is 0. The van der Waals surface area contributed by atoms with Crippen LogP contribution in [0.5, 0.6) is 0 Å². The summed E-state index contributed by atoms with van der Waals surface area (Å²) in [6.07, 6.45) is 3.56. The molecule has 9 rings (SSSR count). The average molecular weight is 522 g/mol. The highest BCUT2D eigenvalue weighted by molar-refractivity contribution is 6.28. The molecule has 0 aliphatic carbocycles. The molecule has 41 heavy (non-hydrogen) atoms. The normalized spacial score (nSPS) is 11.9. The van der Waals surface area contributed by atoms with Crippen LogP contribution >= 0.6 is 0 Å². The molecule has 0 amide bonds. The molecule has 190 valence electrons. The fourth-order valence-corrected chi connectivity index (χ4v) is 6.70. The lowest BCUT2D eigenvalue weighted by Crippen LogP contribution is -1.97. The molecule has 0 saturated heterocycles. The molecule has 0 spiro atoms. The van der Waals surface area contributed by atoms with Crippen molar-refractivity contribution in [3.63, 3.8) is 0 Å². The summed E-state index contributed by atoms with van der Waals surface area (Å²) in [5, 5.41) is 11.2. The van der Waals surface area contributed by atoms with Gasteiger partial charge >= 0.3 is 0 Å². The lowest BCUT2D eigenvalue weighted by Gasteiger charge is -2.14. The van der Waals surface area contributed by atoms with Crippen molar-refractivity contribution in [1.29, 1.82) is 0 Å². The van der Waals surface area contributed by atoms with Crippen LogP contribution in [0.15, 0.2) is 140 Å². The molecule has 3 nitrogen and oxygen atoms in total. The van der Waals surface area contributed by atoms with Crippen LogP contribution < -0.4 is 0 Å². The van der Waals surface area contributed by atoms with E-state index in [9.17, 15) is 0 Å². The van der Waals surface area contributed by atoms with Gasteiger partial charge in [0.25, 0.3) is 0 Å². The molecule has 0 unspecified atom stereocenters. The largest absolute Gasteiger partial charge is 0.309 e. The molecule has 0 aliphatic heterocycles. The third-order valence-corrected chi connectivity index (χ3v) is 8.49. The minimum absolute atomic E-state index is 0.930. The first kappa shape index (κ1) is 22.3. The lowest BCUT2D eigenvalue weighted by atomic mass is 9.93. The van der Waals surface area contributed by atoms with Crippen LogP contribution in [-0.2, 0) is 0 Å². The van der Waals surface area contributed by atoms with E-state index in [4.69, 9.17) is 4.98 Å². The first-order valence-electron chi connectivity index (χ1n) is 13.9. The van der Waals surface area contributed by atoms with E-state index < -0.39 is 0 Å². The number of para-hydroxylation sites is 1. The molecule has 3 heteroatoms. The Balaban J connectivity index is 1.46. The van der Waals surface area contributed by atoms with Crippen LogP contribution in [0, 0.1) is 0 Å². The Morgan fingerprint density at radius 3 is 1.78 bits per heavy atom. The summed E-state index contributed by atoms with van der Waals surface area (Å²) < 4.78 is 2.40. The summed E-state index contributed by atoms with van der Waals surface area (Å²) in [6.45, 7) is 0. The highest BCUT2D eigenvalue weighted by atomic mass is 15.0. The Morgan fingerprint density at radius 2 is 1.05 bits per heavy atom. The molecule has 0 aliphatic rings. The van der Waals surface area contributed by atoms with Crippen molar-refractivity contribution in [3.8, 4) is 16.8 Å². The molecular formula is C38H23N3. The topological polar surface area (TPSA) is 30.7 Å². The van der Waals surface area contributed by atoms with Gasteiger partial charge in [-0.1, -0.05) is 97.1 Å². The number of fused-ring (bicyclic) bond motifs is 10. The molecule has 2 heterocycles. The van der Waals surface area contributed by atoms with Gasteiger partial charge in [0.1, 0.15) is 6.33 Å². The third kappa shape index (κ3) is 3.20. The predicted octanol–water partition coefficient (Wildman–Crippen LogP) is 9.85. The zero-order chi connectivity index (χ0) is 26.9. The maximum absolute atomic E-state index is 4.70. The summed E-state index contributed by atoms with van der Waals surface area (Å²) in [6, 6.07) is 46.1. The number of aromatic nitrogens is 3. The first-order valence-corrected chi connectivity index (χ1v) is 13.9. The van der Waals surface area contributed by atoms with Gasteiger partial charge < -0.3 is 4.57 Å². The predicted molar refractivity (Wildman–Crippen MR) is 172 cm³/mol. The molecule has 0 radical (unpaired) electrons. The second-order valence-corrected chi connectivity index (χ2v) is 10.7. The van der Waals surface area contributed by atoms with Crippen LogP contribution in [0.1, 0.15) is 0 Å². The molecule has 0 N–H and O–H groups in total. The maximum atomic E-state index is 4.70. The highest BCUT2D eigenvalue weighted by Crippen LogP contribution is 2.41. The van der Waals surface area contributed by atoms with Gasteiger partial charge in [0.05, 0.1) is 16.6 Å². The second kappa shape index (κ2) is 8.48. The van der Waals surface area contributed by atoms with E-state index in [-0.39, 0.29) is 0 Å². The summed E-state index contributed by atoms with van der Waals surface area (Å²) in [7, 11) is 0. The number of rotatable bonds is 2. The summed E-state index contributed by atoms with van der Waals surface area (Å²) in [4.78, 5) is 9.06. The van der Waals surface area contributed by atoms with Gasteiger partial charge in [-0.05, 0) is 73.8 Å². The maximum Gasteiger partial charge on any atom is 0.116 e. The van der Waals surface area contributed by atoms with Gasteiger partial charge in [-0.25, -0.2) is 9.97 Å². The van der Waals surface area contributed by atoms with Crippen molar-refractivity contribution >= 4 is 65.0 Å². The minimum Gasteiger partial charge on any atom is -0.309 e. The molecule has 9 aromatic rings. The van der Waals surface area contributed by atoms with E-state index in [2.05, 4.69) is 137 Å². The van der Waals surface area contributed by atoms with Crippen molar-refractivity contribution in [2.24, 2.45) is 0 Å². The van der Waals surface area contributed by atoms with Crippen LogP contribution in [0.2, 0.25) is 0 Å². The van der Waals surface area contributed by atoms with Crippen molar-refractivity contribution in [2.45, 2.75) is 0 Å². The van der Waals surface area contributed by atoms with E-state index >= 15 is 0 Å². The van der Waals surface area contributed by atoms with Crippen LogP contribution in [-0.4, -0.2) is 14.5 Å². The van der Waals surface area contributed by atoms with E-state index in [0.29, 0.717) is 0 Å². The van der Waals surface area contributed by atoms with Gasteiger partial charge in [0, 0.05) is 28.0 Å². The quantitative estimate of drug-likeness (QED) is 0.212. The standard InChI is InChI=1S/C38H23N3/c1-2-10-24(11-3-1)31-18-25(19-36-35(31)22-39-23-40-36)41-37-17-9-8-16-30(37)34-20-32-28-14-6-4-12-26(28)27-13-5-7-15-29(27)33(32)21-38(34)41/h1-23H. The Kier molecular flexibility index (Phi) is 4.61. The number of nitrogens with zero attached hydrogens (tertiary/aromatic N) is 3. The van der Waals surface area contributed by atoms with Crippen molar-refractivity contribution in [1.82, 2.24) is 14.5 Å². The van der Waals surface area contributed by atoms with E-state index in [1.54, 1.807) is 6.33 Å². The number of hydrogen-bond acceptors (Lipinski definition) is 2.